The third kappa shape index (κ3) is 5.59. The Hall–Kier alpha value is -0.930. The van der Waals surface area contributed by atoms with E-state index in [2.05, 4.69) is 31.8 Å². The van der Waals surface area contributed by atoms with Gasteiger partial charge in [0.1, 0.15) is 0 Å². The lowest BCUT2D eigenvalue weighted by molar-refractivity contribution is 0.00854. The fourth-order valence-electron chi connectivity index (χ4n) is 2.36. The summed E-state index contributed by atoms with van der Waals surface area (Å²) in [6.07, 6.45) is 9.46. The predicted molar refractivity (Wildman–Crippen MR) is 84.5 cm³/mol. The minimum absolute atomic E-state index is 0.0304. The third-order valence-corrected chi connectivity index (χ3v) is 3.93. The smallest absolute Gasteiger partial charge is 0.0990 e. The molecule has 0 aromatic carbocycles. The van der Waals surface area contributed by atoms with Crippen LogP contribution in [0, 0.1) is 5.92 Å². The van der Waals surface area contributed by atoms with Gasteiger partial charge in [-0.05, 0) is 24.8 Å². The third-order valence-electron chi connectivity index (χ3n) is 3.93. The molecule has 0 aliphatic rings. The summed E-state index contributed by atoms with van der Waals surface area (Å²) in [5.74, 6) is 0.637. The summed E-state index contributed by atoms with van der Waals surface area (Å²) in [7, 11) is 0. The largest absolute Gasteiger partial charge is 0.372 e. The average Bonchev–Trinajstić information content (AvgIpc) is 2.51. The van der Waals surface area contributed by atoms with Crippen molar-refractivity contribution in [1.82, 2.24) is 4.98 Å². The van der Waals surface area contributed by atoms with Gasteiger partial charge in [0.15, 0.2) is 0 Å². The Morgan fingerprint density at radius 2 is 2.05 bits per heavy atom. The number of nitrogens with two attached hydrogens (primary N) is 1. The molecule has 1 aromatic rings. The first kappa shape index (κ1) is 17.1. The van der Waals surface area contributed by atoms with Gasteiger partial charge in [-0.3, -0.25) is 4.98 Å². The molecular weight excluding hydrogens is 248 g/mol. The molecule has 3 nitrogen and oxygen atoms in total. The Bertz CT molecular complexity index is 342. The second kappa shape index (κ2) is 9.89. The first-order valence-corrected chi connectivity index (χ1v) is 7.99. The van der Waals surface area contributed by atoms with Crippen molar-refractivity contribution in [3.63, 3.8) is 0 Å². The molecular formula is C17H30N2O. The van der Waals surface area contributed by atoms with Crippen molar-refractivity contribution < 1.29 is 4.74 Å². The Balaban J connectivity index is 2.61. The molecule has 1 heterocycles. The van der Waals surface area contributed by atoms with E-state index in [-0.39, 0.29) is 12.1 Å². The van der Waals surface area contributed by atoms with Crippen LogP contribution >= 0.6 is 0 Å². The molecule has 3 atom stereocenters. The van der Waals surface area contributed by atoms with E-state index in [1.807, 2.05) is 12.3 Å². The van der Waals surface area contributed by atoms with Crippen molar-refractivity contribution in [2.75, 3.05) is 6.61 Å². The highest BCUT2D eigenvalue weighted by molar-refractivity contribution is 5.14. The average molecular weight is 278 g/mol. The van der Waals surface area contributed by atoms with E-state index in [1.165, 1.54) is 25.7 Å². The van der Waals surface area contributed by atoms with Gasteiger partial charge in [-0.2, -0.15) is 0 Å². The molecule has 0 spiro atoms. The highest BCUT2D eigenvalue weighted by Gasteiger charge is 2.20. The first-order valence-electron chi connectivity index (χ1n) is 7.99. The number of aromatic nitrogens is 1. The van der Waals surface area contributed by atoms with Gasteiger partial charge in [0.25, 0.3) is 0 Å². The number of hydrogen-bond donors (Lipinski definition) is 1. The molecule has 0 aliphatic heterocycles. The fraction of sp³-hybridized carbons (Fsp3) is 0.706. The van der Waals surface area contributed by atoms with Crippen molar-refractivity contribution >= 4 is 0 Å². The van der Waals surface area contributed by atoms with E-state index in [9.17, 15) is 0 Å². The van der Waals surface area contributed by atoms with Crippen LogP contribution in [0.2, 0.25) is 0 Å². The van der Waals surface area contributed by atoms with Crippen LogP contribution in [0.5, 0.6) is 0 Å². The Morgan fingerprint density at radius 1 is 1.25 bits per heavy atom. The summed E-state index contributed by atoms with van der Waals surface area (Å²) < 4.78 is 6.17. The molecule has 0 saturated carbocycles. The van der Waals surface area contributed by atoms with Gasteiger partial charge in [0.05, 0.1) is 12.7 Å². The van der Waals surface area contributed by atoms with Crippen molar-refractivity contribution in [1.29, 1.82) is 0 Å². The monoisotopic (exact) mass is 278 g/mol. The summed E-state index contributed by atoms with van der Waals surface area (Å²) >= 11 is 0. The van der Waals surface area contributed by atoms with Crippen LogP contribution in [0.4, 0.5) is 0 Å². The minimum atomic E-state index is -0.0376. The second-order valence-electron chi connectivity index (χ2n) is 5.53. The molecule has 1 aromatic heterocycles. The Kier molecular flexibility index (Phi) is 8.47. The topological polar surface area (TPSA) is 48.1 Å². The second-order valence-corrected chi connectivity index (χ2v) is 5.53. The van der Waals surface area contributed by atoms with Crippen molar-refractivity contribution in [3.8, 4) is 0 Å². The number of pyridine rings is 1. The summed E-state index contributed by atoms with van der Waals surface area (Å²) in [5, 5.41) is 0. The number of rotatable bonds is 10. The van der Waals surface area contributed by atoms with E-state index in [1.54, 1.807) is 6.20 Å². The van der Waals surface area contributed by atoms with Crippen LogP contribution in [-0.4, -0.2) is 17.6 Å². The summed E-state index contributed by atoms with van der Waals surface area (Å²) in [6.45, 7) is 7.37. The van der Waals surface area contributed by atoms with Crippen LogP contribution in [-0.2, 0) is 4.74 Å². The standard InChI is InChI=1S/C17H30N2O/c1-4-7-9-14(5-2)13-20-17(16(18)6-3)15-10-8-11-19-12-15/h8,10-12,14,16-17H,4-7,9,13,18H2,1-3H3. The zero-order valence-electron chi connectivity index (χ0n) is 13.2. The molecule has 0 bridgehead atoms. The van der Waals surface area contributed by atoms with E-state index < -0.39 is 0 Å². The van der Waals surface area contributed by atoms with Gasteiger partial charge >= 0.3 is 0 Å². The number of unbranched alkanes of at least 4 members (excludes halogenated alkanes) is 1. The SMILES string of the molecule is CCCCC(CC)COC(c1cccnc1)C(N)CC. The Labute approximate surface area is 123 Å². The zero-order chi connectivity index (χ0) is 14.8. The number of ether oxygens (including phenoxy) is 1. The van der Waals surface area contributed by atoms with E-state index in [0.29, 0.717) is 5.92 Å². The maximum absolute atomic E-state index is 6.22. The van der Waals surface area contributed by atoms with E-state index in [4.69, 9.17) is 10.5 Å². The first-order chi connectivity index (χ1) is 9.72. The van der Waals surface area contributed by atoms with Crippen molar-refractivity contribution in [2.45, 2.75) is 65.0 Å². The van der Waals surface area contributed by atoms with Crippen LogP contribution in [0.1, 0.15) is 64.5 Å². The van der Waals surface area contributed by atoms with Gasteiger partial charge in [0, 0.05) is 24.0 Å². The molecule has 1 rings (SSSR count). The molecule has 0 saturated heterocycles. The van der Waals surface area contributed by atoms with Crippen LogP contribution in [0.3, 0.4) is 0 Å². The van der Waals surface area contributed by atoms with Crippen LogP contribution in [0.25, 0.3) is 0 Å². The molecule has 20 heavy (non-hydrogen) atoms. The highest BCUT2D eigenvalue weighted by atomic mass is 16.5. The lowest BCUT2D eigenvalue weighted by Gasteiger charge is -2.26. The summed E-state index contributed by atoms with van der Waals surface area (Å²) in [5.41, 5.74) is 7.31. The molecule has 0 radical (unpaired) electrons. The predicted octanol–water partition coefficient (Wildman–Crippen LogP) is 4.09. The molecule has 0 aliphatic carbocycles. The van der Waals surface area contributed by atoms with Gasteiger partial charge in [0.2, 0.25) is 0 Å². The van der Waals surface area contributed by atoms with Crippen molar-refractivity contribution in [3.05, 3.63) is 30.1 Å². The van der Waals surface area contributed by atoms with E-state index in [0.717, 1.165) is 18.6 Å². The zero-order valence-corrected chi connectivity index (χ0v) is 13.2. The molecule has 3 heteroatoms. The van der Waals surface area contributed by atoms with Gasteiger partial charge in [-0.25, -0.2) is 0 Å². The number of nitrogens with zero attached hydrogens (tertiary/aromatic N) is 1. The number of hydrogen-bond acceptors (Lipinski definition) is 3. The summed E-state index contributed by atoms with van der Waals surface area (Å²) in [6, 6.07) is 4.03. The molecule has 0 amide bonds. The highest BCUT2D eigenvalue weighted by Crippen LogP contribution is 2.24. The Morgan fingerprint density at radius 3 is 2.60 bits per heavy atom. The minimum Gasteiger partial charge on any atom is -0.372 e. The normalized spacial score (nSPS) is 15.8. The summed E-state index contributed by atoms with van der Waals surface area (Å²) in [4.78, 5) is 4.18. The molecule has 2 N–H and O–H groups in total. The van der Waals surface area contributed by atoms with E-state index >= 15 is 0 Å². The van der Waals surface area contributed by atoms with Gasteiger partial charge in [-0.15, -0.1) is 0 Å². The van der Waals surface area contributed by atoms with Crippen LogP contribution < -0.4 is 5.73 Å². The lowest BCUT2D eigenvalue weighted by atomic mass is 9.99. The van der Waals surface area contributed by atoms with Crippen molar-refractivity contribution in [2.24, 2.45) is 11.7 Å². The molecule has 114 valence electrons. The molecule has 3 unspecified atom stereocenters. The fourth-order valence-corrected chi connectivity index (χ4v) is 2.36. The van der Waals surface area contributed by atoms with Gasteiger partial charge in [-0.1, -0.05) is 46.1 Å². The van der Waals surface area contributed by atoms with Crippen LogP contribution in [0.15, 0.2) is 24.5 Å². The molecule has 0 fully saturated rings. The maximum Gasteiger partial charge on any atom is 0.0990 e. The lowest BCUT2D eigenvalue weighted by Crippen LogP contribution is -2.31. The maximum atomic E-state index is 6.22. The quantitative estimate of drug-likeness (QED) is 0.701. The van der Waals surface area contributed by atoms with Gasteiger partial charge < -0.3 is 10.5 Å².